The van der Waals surface area contributed by atoms with Gasteiger partial charge in [-0.3, -0.25) is 4.55 Å². The highest BCUT2D eigenvalue weighted by Crippen LogP contribution is 2.24. The van der Waals surface area contributed by atoms with Crippen molar-refractivity contribution in [2.45, 2.75) is 4.90 Å². The lowest BCUT2D eigenvalue weighted by Gasteiger charge is -2.06. The van der Waals surface area contributed by atoms with E-state index in [1.807, 2.05) is 0 Å². The average molecular weight is 317 g/mol. The van der Waals surface area contributed by atoms with Crippen LogP contribution < -0.4 is 4.18 Å². The minimum absolute atomic E-state index is 0.537. The zero-order valence-electron chi connectivity index (χ0n) is 8.27. The third-order valence-corrected chi connectivity index (χ3v) is 3.09. The van der Waals surface area contributed by atoms with E-state index in [2.05, 4.69) is 4.18 Å². The van der Waals surface area contributed by atoms with Crippen LogP contribution in [0.15, 0.2) is 23.1 Å². The van der Waals surface area contributed by atoms with Crippen LogP contribution >= 0.6 is 10.7 Å². The first-order valence-electron chi connectivity index (χ1n) is 3.99. The molecule has 0 bridgehead atoms. The van der Waals surface area contributed by atoms with E-state index >= 15 is 0 Å². The fourth-order valence-corrected chi connectivity index (χ4v) is 2.09. The molecule has 0 radical (unpaired) electrons. The summed E-state index contributed by atoms with van der Waals surface area (Å²) in [6.07, 6.45) is 0. The lowest BCUT2D eigenvalue weighted by molar-refractivity contribution is 0.0695. The maximum Gasteiger partial charge on any atom is 0.401 e. The van der Waals surface area contributed by atoms with Crippen molar-refractivity contribution in [2.24, 2.45) is 0 Å². The highest BCUT2D eigenvalue weighted by Gasteiger charge is 2.20. The Hall–Kier alpha value is -1.36. The second-order valence-corrected chi connectivity index (χ2v) is 6.42. The lowest BCUT2D eigenvalue weighted by atomic mass is 10.2. The first kappa shape index (κ1) is 14.7. The number of hydrogen-bond donors (Lipinski definition) is 2. The summed E-state index contributed by atoms with van der Waals surface area (Å²) in [6.45, 7) is 0. The molecule has 8 nitrogen and oxygen atoms in total. The van der Waals surface area contributed by atoms with Crippen molar-refractivity contribution in [1.29, 1.82) is 0 Å². The second-order valence-electron chi connectivity index (χ2n) is 2.91. The number of halogens is 1. The minimum Gasteiger partial charge on any atom is -0.478 e. The summed E-state index contributed by atoms with van der Waals surface area (Å²) in [6, 6.07) is 2.04. The number of aromatic carboxylic acids is 1. The van der Waals surface area contributed by atoms with Crippen molar-refractivity contribution in [3.8, 4) is 5.75 Å². The van der Waals surface area contributed by atoms with Gasteiger partial charge in [-0.25, -0.2) is 4.79 Å². The van der Waals surface area contributed by atoms with Crippen LogP contribution in [-0.4, -0.2) is 32.5 Å². The molecule has 0 fully saturated rings. The zero-order valence-corrected chi connectivity index (χ0v) is 10.7. The summed E-state index contributed by atoms with van der Waals surface area (Å²) in [4.78, 5) is 10.1. The monoisotopic (exact) mass is 316 g/mol. The van der Waals surface area contributed by atoms with Crippen LogP contribution in [0.3, 0.4) is 0 Å². The van der Waals surface area contributed by atoms with Crippen molar-refractivity contribution in [2.75, 3.05) is 0 Å². The van der Waals surface area contributed by atoms with Crippen molar-refractivity contribution in [1.82, 2.24) is 0 Å². The summed E-state index contributed by atoms with van der Waals surface area (Å²) >= 11 is 0. The van der Waals surface area contributed by atoms with Crippen LogP contribution in [0, 0.1) is 0 Å². The molecule has 1 rings (SSSR count). The molecular formula is C7H5ClO8S2. The maximum absolute atomic E-state index is 10.8. The van der Waals surface area contributed by atoms with Crippen LogP contribution in [0.25, 0.3) is 0 Å². The van der Waals surface area contributed by atoms with Crippen molar-refractivity contribution < 1.29 is 35.5 Å². The highest BCUT2D eigenvalue weighted by atomic mass is 35.7. The number of benzene rings is 1. The van der Waals surface area contributed by atoms with Crippen LogP contribution in [0.1, 0.15) is 10.4 Å². The molecule has 0 heterocycles. The second kappa shape index (κ2) is 4.72. The molecule has 0 spiro atoms. The fourth-order valence-electron chi connectivity index (χ4n) is 1.02. The van der Waals surface area contributed by atoms with Crippen LogP contribution in [0.5, 0.6) is 5.75 Å². The van der Waals surface area contributed by atoms with Gasteiger partial charge in [-0.15, -0.1) is 0 Å². The average Bonchev–Trinajstić information content (AvgIpc) is 2.13. The number of carboxylic acids is 1. The summed E-state index contributed by atoms with van der Waals surface area (Å²) < 4.78 is 55.7. The first-order chi connectivity index (χ1) is 8.00. The zero-order chi connectivity index (χ0) is 14.1. The van der Waals surface area contributed by atoms with Gasteiger partial charge in [0.15, 0.2) is 5.75 Å². The van der Waals surface area contributed by atoms with E-state index in [9.17, 15) is 21.6 Å². The van der Waals surface area contributed by atoms with E-state index in [0.717, 1.165) is 12.1 Å². The lowest BCUT2D eigenvalue weighted by Crippen LogP contribution is -2.08. The number of carboxylic acid groups (broad SMARTS) is 1. The Morgan fingerprint density at radius 3 is 2.17 bits per heavy atom. The summed E-state index contributed by atoms with van der Waals surface area (Å²) in [7, 11) is -4.34. The summed E-state index contributed by atoms with van der Waals surface area (Å²) in [5.74, 6) is -2.33. The van der Waals surface area contributed by atoms with Gasteiger partial charge in [-0.2, -0.15) is 16.8 Å². The largest absolute Gasteiger partial charge is 0.478 e. The van der Waals surface area contributed by atoms with E-state index in [1.54, 1.807) is 0 Å². The van der Waals surface area contributed by atoms with Crippen LogP contribution in [-0.2, 0) is 19.4 Å². The minimum atomic E-state index is -4.62. The third-order valence-electron chi connectivity index (χ3n) is 1.67. The molecule has 11 heteroatoms. The van der Waals surface area contributed by atoms with Gasteiger partial charge < -0.3 is 9.29 Å². The number of carbonyl (C=O) groups is 1. The Morgan fingerprint density at radius 1 is 1.22 bits per heavy atom. The molecule has 18 heavy (non-hydrogen) atoms. The van der Waals surface area contributed by atoms with E-state index in [0.29, 0.717) is 6.07 Å². The van der Waals surface area contributed by atoms with Crippen molar-refractivity contribution >= 4 is 36.1 Å². The van der Waals surface area contributed by atoms with E-state index in [-0.39, 0.29) is 0 Å². The Kier molecular flexibility index (Phi) is 3.86. The normalized spacial score (nSPS) is 12.1. The predicted molar refractivity (Wildman–Crippen MR) is 58.6 cm³/mol. The molecule has 0 unspecified atom stereocenters. The Labute approximate surface area is 106 Å². The molecule has 1 aromatic rings. The molecule has 0 aliphatic heterocycles. The van der Waals surface area contributed by atoms with Crippen LogP contribution in [0.2, 0.25) is 0 Å². The summed E-state index contributed by atoms with van der Waals surface area (Å²) in [5.41, 5.74) is -0.783. The van der Waals surface area contributed by atoms with Gasteiger partial charge in [-0.05, 0) is 18.2 Å². The maximum atomic E-state index is 10.8. The molecule has 0 saturated carbocycles. The first-order valence-corrected chi connectivity index (χ1v) is 7.67. The van der Waals surface area contributed by atoms with E-state index in [1.165, 1.54) is 0 Å². The van der Waals surface area contributed by atoms with E-state index in [4.69, 9.17) is 20.3 Å². The molecule has 2 N–H and O–H groups in total. The Balaban J connectivity index is 3.44. The standard InChI is InChI=1S/C7H5ClO8S2/c8-18(14,15)16-6-2-1-4(17(11,12)13)3-5(6)7(9)10/h1-3H,(H,9,10)(H,11,12,13). The topological polar surface area (TPSA) is 135 Å². The Morgan fingerprint density at radius 2 is 1.78 bits per heavy atom. The van der Waals surface area contributed by atoms with Gasteiger partial charge in [0.25, 0.3) is 10.1 Å². The fraction of sp³-hybridized carbons (Fsp3) is 0. The predicted octanol–water partition coefficient (Wildman–Crippen LogP) is 0.494. The summed E-state index contributed by atoms with van der Waals surface area (Å²) in [5, 5.41) is 8.76. The number of rotatable bonds is 4. The molecule has 0 amide bonds. The quantitative estimate of drug-likeness (QED) is 0.605. The molecule has 100 valence electrons. The molecule has 0 aromatic heterocycles. The SMILES string of the molecule is O=C(O)c1cc(S(=O)(=O)O)ccc1OS(=O)(=O)Cl. The van der Waals surface area contributed by atoms with Gasteiger partial charge >= 0.3 is 15.3 Å². The molecule has 0 aliphatic rings. The third kappa shape index (κ3) is 3.84. The highest BCUT2D eigenvalue weighted by molar-refractivity contribution is 8.10. The van der Waals surface area contributed by atoms with Crippen LogP contribution in [0.4, 0.5) is 0 Å². The molecule has 0 atom stereocenters. The van der Waals surface area contributed by atoms with Gasteiger partial charge in [0.2, 0.25) is 0 Å². The van der Waals surface area contributed by atoms with Gasteiger partial charge in [-0.1, -0.05) is 0 Å². The molecule has 0 saturated heterocycles. The van der Waals surface area contributed by atoms with Crippen molar-refractivity contribution in [3.63, 3.8) is 0 Å². The molecule has 0 aliphatic carbocycles. The Bertz CT molecular complexity index is 690. The van der Waals surface area contributed by atoms with Gasteiger partial charge in [0, 0.05) is 0 Å². The van der Waals surface area contributed by atoms with E-state index < -0.39 is 41.6 Å². The molecular weight excluding hydrogens is 312 g/mol. The number of hydrogen-bond acceptors (Lipinski definition) is 6. The molecule has 1 aromatic carbocycles. The smallest absolute Gasteiger partial charge is 0.401 e. The van der Waals surface area contributed by atoms with Crippen molar-refractivity contribution in [3.05, 3.63) is 23.8 Å². The van der Waals surface area contributed by atoms with Gasteiger partial charge in [0.1, 0.15) is 5.56 Å². The van der Waals surface area contributed by atoms with Gasteiger partial charge in [0.05, 0.1) is 15.6 Å².